The van der Waals surface area contributed by atoms with Crippen molar-refractivity contribution in [3.63, 3.8) is 0 Å². The maximum Gasteiger partial charge on any atom is 0.337 e. The number of amides is 2. The van der Waals surface area contributed by atoms with E-state index >= 15 is 0 Å². The quantitative estimate of drug-likeness (QED) is 0.612. The summed E-state index contributed by atoms with van der Waals surface area (Å²) < 4.78 is 4.79. The van der Waals surface area contributed by atoms with Gasteiger partial charge in [0.05, 0.1) is 37.2 Å². The Hall–Kier alpha value is -2.87. The van der Waals surface area contributed by atoms with Crippen LogP contribution in [0.1, 0.15) is 25.7 Å². The van der Waals surface area contributed by atoms with E-state index in [1.165, 1.54) is 12.0 Å². The van der Waals surface area contributed by atoms with Crippen molar-refractivity contribution in [2.45, 2.75) is 25.7 Å². The summed E-state index contributed by atoms with van der Waals surface area (Å²) >= 11 is 0. The van der Waals surface area contributed by atoms with Crippen molar-refractivity contribution >= 4 is 29.2 Å². The molecule has 0 unspecified atom stereocenters. The fraction of sp³-hybridized carbons (Fsp3) is 0.450. The summed E-state index contributed by atoms with van der Waals surface area (Å²) in [6.07, 6.45) is 3.88. The van der Waals surface area contributed by atoms with Crippen molar-refractivity contribution in [3.8, 4) is 0 Å². The van der Waals surface area contributed by atoms with E-state index in [2.05, 4.69) is 10.6 Å². The molecular formula is C20H25N3O5. The second-order valence-corrected chi connectivity index (χ2v) is 6.94. The lowest BCUT2D eigenvalue weighted by Gasteiger charge is -2.17. The molecule has 150 valence electrons. The highest BCUT2D eigenvalue weighted by Crippen LogP contribution is 2.30. The van der Waals surface area contributed by atoms with Gasteiger partial charge in [-0.2, -0.15) is 0 Å². The van der Waals surface area contributed by atoms with Crippen LogP contribution in [0.2, 0.25) is 0 Å². The highest BCUT2D eigenvalue weighted by Gasteiger charge is 2.34. The van der Waals surface area contributed by atoms with Crippen molar-refractivity contribution in [2.75, 3.05) is 37.4 Å². The smallest absolute Gasteiger partial charge is 0.337 e. The summed E-state index contributed by atoms with van der Waals surface area (Å²) in [5.74, 6) is -1.03. The van der Waals surface area contributed by atoms with Crippen LogP contribution >= 0.6 is 0 Å². The predicted molar refractivity (Wildman–Crippen MR) is 103 cm³/mol. The summed E-state index contributed by atoms with van der Waals surface area (Å²) in [6.45, 7) is -0.0307. The monoisotopic (exact) mass is 387 g/mol. The fourth-order valence-corrected chi connectivity index (χ4v) is 3.61. The number of benzene rings is 1. The van der Waals surface area contributed by atoms with Crippen LogP contribution in [0, 0.1) is 5.92 Å². The molecule has 0 atom stereocenters. The van der Waals surface area contributed by atoms with Crippen LogP contribution in [0.25, 0.3) is 0 Å². The minimum Gasteiger partial charge on any atom is -0.466 e. The van der Waals surface area contributed by atoms with E-state index in [-0.39, 0.29) is 42.8 Å². The van der Waals surface area contributed by atoms with Gasteiger partial charge >= 0.3 is 5.97 Å². The van der Waals surface area contributed by atoms with E-state index in [1.54, 1.807) is 24.3 Å². The van der Waals surface area contributed by atoms with E-state index in [9.17, 15) is 14.4 Å². The standard InChI is InChI=1S/C20H25N3O5/c1-28-20(27)14-12-23(10-11-24)19(26)17(14)21-15-8-4-5-9-16(15)22-18(25)13-6-2-3-7-13/h4-5,8-9,13,21,24H,2-3,6-7,10-12H2,1H3,(H,22,25). The van der Waals surface area contributed by atoms with Gasteiger partial charge in [-0.3, -0.25) is 9.59 Å². The summed E-state index contributed by atoms with van der Waals surface area (Å²) in [4.78, 5) is 38.7. The maximum atomic E-state index is 12.7. The van der Waals surface area contributed by atoms with Crippen molar-refractivity contribution in [1.82, 2.24) is 4.90 Å². The lowest BCUT2D eigenvalue weighted by molar-refractivity contribution is -0.136. The minimum absolute atomic E-state index is 0.00561. The van der Waals surface area contributed by atoms with Crippen LogP contribution in [0.5, 0.6) is 0 Å². The lowest BCUT2D eigenvalue weighted by atomic mass is 10.1. The normalized spacial score (nSPS) is 17.2. The van der Waals surface area contributed by atoms with Gasteiger partial charge in [0.15, 0.2) is 0 Å². The van der Waals surface area contributed by atoms with Crippen LogP contribution in [-0.2, 0) is 19.1 Å². The highest BCUT2D eigenvalue weighted by molar-refractivity contribution is 6.09. The van der Waals surface area contributed by atoms with E-state index < -0.39 is 11.9 Å². The number of β-amino-alcohol motifs (C(OH)–C–C–N with tert-alkyl or cyclic N) is 1. The van der Waals surface area contributed by atoms with E-state index in [0.29, 0.717) is 11.4 Å². The highest BCUT2D eigenvalue weighted by atomic mass is 16.5. The first-order valence-electron chi connectivity index (χ1n) is 9.43. The number of para-hydroxylation sites is 2. The zero-order chi connectivity index (χ0) is 20.1. The Balaban J connectivity index is 1.84. The molecule has 8 heteroatoms. The van der Waals surface area contributed by atoms with Crippen LogP contribution in [0.15, 0.2) is 35.5 Å². The molecule has 1 fully saturated rings. The molecule has 0 bridgehead atoms. The number of hydrogen-bond donors (Lipinski definition) is 3. The Morgan fingerprint density at radius 3 is 2.54 bits per heavy atom. The van der Waals surface area contributed by atoms with Crippen molar-refractivity contribution in [3.05, 3.63) is 35.5 Å². The first kappa shape index (κ1) is 19.9. The molecule has 1 aliphatic carbocycles. The lowest BCUT2D eigenvalue weighted by Crippen LogP contribution is -2.31. The van der Waals surface area contributed by atoms with Crippen molar-refractivity contribution < 1.29 is 24.2 Å². The van der Waals surface area contributed by atoms with Gasteiger partial charge in [-0.15, -0.1) is 0 Å². The molecular weight excluding hydrogens is 362 g/mol. The molecule has 2 amide bonds. The SMILES string of the molecule is COC(=O)C1=C(Nc2ccccc2NC(=O)C2CCCC2)C(=O)N(CCO)C1. The number of nitrogens with one attached hydrogen (secondary N) is 2. The molecule has 1 aliphatic heterocycles. The van der Waals surface area contributed by atoms with Gasteiger partial charge < -0.3 is 25.4 Å². The topological polar surface area (TPSA) is 108 Å². The average Bonchev–Trinajstić information content (AvgIpc) is 3.33. The van der Waals surface area contributed by atoms with E-state index in [1.807, 2.05) is 0 Å². The summed E-state index contributed by atoms with van der Waals surface area (Å²) in [7, 11) is 1.25. The van der Waals surface area contributed by atoms with Crippen molar-refractivity contribution in [2.24, 2.45) is 5.92 Å². The molecule has 28 heavy (non-hydrogen) atoms. The molecule has 0 spiro atoms. The van der Waals surface area contributed by atoms with Gasteiger partial charge in [-0.1, -0.05) is 25.0 Å². The Kier molecular flexibility index (Phi) is 6.30. The summed E-state index contributed by atoms with van der Waals surface area (Å²) in [6, 6.07) is 7.04. The van der Waals surface area contributed by atoms with Gasteiger partial charge in [0.25, 0.3) is 5.91 Å². The molecule has 0 saturated heterocycles. The molecule has 3 rings (SSSR count). The van der Waals surface area contributed by atoms with Gasteiger partial charge in [0.1, 0.15) is 5.70 Å². The molecule has 8 nitrogen and oxygen atoms in total. The zero-order valence-corrected chi connectivity index (χ0v) is 15.9. The Morgan fingerprint density at radius 2 is 1.89 bits per heavy atom. The third-order valence-electron chi connectivity index (χ3n) is 5.12. The molecule has 2 aliphatic rings. The number of aliphatic hydroxyl groups excluding tert-OH is 1. The van der Waals surface area contributed by atoms with Gasteiger partial charge in [0, 0.05) is 12.5 Å². The number of anilines is 2. The van der Waals surface area contributed by atoms with Gasteiger partial charge in [-0.25, -0.2) is 4.79 Å². The Bertz CT molecular complexity index is 799. The fourth-order valence-electron chi connectivity index (χ4n) is 3.61. The second kappa shape index (κ2) is 8.88. The zero-order valence-electron chi connectivity index (χ0n) is 15.9. The molecule has 1 heterocycles. The molecule has 0 radical (unpaired) electrons. The molecule has 3 N–H and O–H groups in total. The summed E-state index contributed by atoms with van der Waals surface area (Å²) in [5.41, 5.74) is 1.36. The minimum atomic E-state index is -0.608. The number of hydrogen-bond acceptors (Lipinski definition) is 6. The Morgan fingerprint density at radius 1 is 1.21 bits per heavy atom. The van der Waals surface area contributed by atoms with Crippen molar-refractivity contribution in [1.29, 1.82) is 0 Å². The number of rotatable bonds is 7. The molecule has 1 saturated carbocycles. The third kappa shape index (κ3) is 4.17. The maximum absolute atomic E-state index is 12.7. The summed E-state index contributed by atoms with van der Waals surface area (Å²) in [5, 5.41) is 15.1. The van der Waals surface area contributed by atoms with Gasteiger partial charge in [-0.05, 0) is 25.0 Å². The second-order valence-electron chi connectivity index (χ2n) is 6.94. The van der Waals surface area contributed by atoms with Crippen LogP contribution in [-0.4, -0.2) is 54.6 Å². The van der Waals surface area contributed by atoms with Crippen LogP contribution in [0.4, 0.5) is 11.4 Å². The molecule has 0 aromatic heterocycles. The van der Waals surface area contributed by atoms with Crippen LogP contribution < -0.4 is 10.6 Å². The first-order valence-corrected chi connectivity index (χ1v) is 9.43. The number of esters is 1. The molecule has 1 aromatic rings. The third-order valence-corrected chi connectivity index (χ3v) is 5.12. The number of nitrogens with zero attached hydrogens (tertiary/aromatic N) is 1. The predicted octanol–water partition coefficient (Wildman–Crippen LogP) is 1.49. The molecule has 1 aromatic carbocycles. The van der Waals surface area contributed by atoms with E-state index in [0.717, 1.165) is 25.7 Å². The first-order chi connectivity index (χ1) is 13.5. The number of methoxy groups -OCH3 is 1. The largest absolute Gasteiger partial charge is 0.466 e. The number of carbonyl (C=O) groups excluding carboxylic acids is 3. The van der Waals surface area contributed by atoms with Crippen LogP contribution in [0.3, 0.4) is 0 Å². The van der Waals surface area contributed by atoms with Gasteiger partial charge in [0.2, 0.25) is 5.91 Å². The average molecular weight is 387 g/mol. The van der Waals surface area contributed by atoms with E-state index in [4.69, 9.17) is 9.84 Å². The number of ether oxygens (including phenoxy) is 1. The number of carbonyl (C=O) groups is 3. The number of aliphatic hydroxyl groups is 1. The Labute approximate surface area is 163 Å².